The number of nitrogens with two attached hydrogens (primary N) is 2. The maximum atomic E-state index is 12.1. The number of hydrogen-bond acceptors (Lipinski definition) is 4. The normalized spacial score (nSPS) is 16.3. The Morgan fingerprint density at radius 2 is 2.22 bits per heavy atom. The molecule has 102 valence electrons. The Bertz CT molecular complexity index is 547. The van der Waals surface area contributed by atoms with Gasteiger partial charge in [0.15, 0.2) is 0 Å². The second-order valence-corrected chi connectivity index (χ2v) is 7.65. The quantitative estimate of drug-likeness (QED) is 0.889. The van der Waals surface area contributed by atoms with Gasteiger partial charge in [-0.15, -0.1) is 15.7 Å². The first kappa shape index (κ1) is 15.6. The number of nitrogens with zero attached hydrogens (tertiary/aromatic N) is 1. The predicted octanol–water partition coefficient (Wildman–Crippen LogP) is 2.00. The van der Waals surface area contributed by atoms with E-state index in [1.54, 1.807) is 0 Å². The third kappa shape index (κ3) is 4.33. The number of amides is 1. The van der Waals surface area contributed by atoms with Crippen LogP contribution in [0.3, 0.4) is 0 Å². The van der Waals surface area contributed by atoms with Crippen molar-refractivity contribution < 1.29 is 9.00 Å². The molecule has 0 fully saturated rings. The van der Waals surface area contributed by atoms with Crippen LogP contribution in [0.1, 0.15) is 20.3 Å². The zero-order valence-electron chi connectivity index (χ0n) is 10.1. The number of rotatable bonds is 4. The molecular formula is C10H16ClN3O2S2. The van der Waals surface area contributed by atoms with E-state index in [0.717, 1.165) is 0 Å². The number of halogens is 1. The van der Waals surface area contributed by atoms with Gasteiger partial charge in [0, 0.05) is 5.38 Å². The van der Waals surface area contributed by atoms with Crippen LogP contribution in [0.5, 0.6) is 0 Å². The minimum Gasteiger partial charge on any atom is -0.320 e. The van der Waals surface area contributed by atoms with Crippen LogP contribution in [0.4, 0.5) is 0 Å². The molecule has 1 heterocycles. The van der Waals surface area contributed by atoms with E-state index in [-0.39, 0.29) is 10.8 Å². The van der Waals surface area contributed by atoms with Crippen molar-refractivity contribution in [3.63, 3.8) is 0 Å². The monoisotopic (exact) mass is 309 g/mol. The van der Waals surface area contributed by atoms with Gasteiger partial charge >= 0.3 is 0 Å². The average molecular weight is 310 g/mol. The summed E-state index contributed by atoms with van der Waals surface area (Å²) in [5.41, 5.74) is 5.66. The summed E-state index contributed by atoms with van der Waals surface area (Å²) in [6, 6.07) is 0.669. The second-order valence-electron chi connectivity index (χ2n) is 4.32. The van der Waals surface area contributed by atoms with E-state index >= 15 is 0 Å². The van der Waals surface area contributed by atoms with E-state index in [1.807, 2.05) is 13.8 Å². The fourth-order valence-electron chi connectivity index (χ4n) is 1.31. The van der Waals surface area contributed by atoms with Crippen LogP contribution in [-0.4, -0.2) is 16.2 Å². The van der Waals surface area contributed by atoms with Crippen molar-refractivity contribution in [1.29, 1.82) is 0 Å². The molecule has 1 amide bonds. The van der Waals surface area contributed by atoms with Gasteiger partial charge in [-0.05, 0) is 18.4 Å². The van der Waals surface area contributed by atoms with E-state index in [2.05, 4.69) is 4.36 Å². The molecule has 1 aromatic heterocycles. The van der Waals surface area contributed by atoms with Crippen LogP contribution in [0.25, 0.3) is 0 Å². The summed E-state index contributed by atoms with van der Waals surface area (Å²) in [5.74, 6) is -0.387. The molecule has 0 radical (unpaired) electrons. The Labute approximate surface area is 116 Å². The molecule has 0 aliphatic heterocycles. The van der Waals surface area contributed by atoms with Gasteiger partial charge in [0.1, 0.15) is 9.92 Å². The van der Waals surface area contributed by atoms with Crippen LogP contribution < -0.4 is 10.9 Å². The summed E-state index contributed by atoms with van der Waals surface area (Å²) in [6.45, 7) is 3.87. The van der Waals surface area contributed by atoms with Crippen molar-refractivity contribution in [3.8, 4) is 0 Å². The van der Waals surface area contributed by atoms with Crippen LogP contribution in [0.2, 0.25) is 4.34 Å². The average Bonchev–Trinajstić information content (AvgIpc) is 2.63. The van der Waals surface area contributed by atoms with Crippen molar-refractivity contribution in [1.82, 2.24) is 0 Å². The molecule has 4 N–H and O–H groups in total. The molecule has 0 bridgehead atoms. The molecule has 0 saturated carbocycles. The molecule has 5 nitrogen and oxygen atoms in total. The number of carbonyl (C=O) groups is 1. The zero-order valence-corrected chi connectivity index (χ0v) is 12.5. The van der Waals surface area contributed by atoms with Crippen molar-refractivity contribution in [2.75, 3.05) is 0 Å². The molecule has 0 spiro atoms. The third-order valence-corrected chi connectivity index (χ3v) is 4.75. The first-order chi connectivity index (χ1) is 8.22. The molecule has 0 aromatic carbocycles. The van der Waals surface area contributed by atoms with Crippen LogP contribution in [0.15, 0.2) is 20.7 Å². The second kappa shape index (κ2) is 6.12. The Morgan fingerprint density at radius 3 is 2.67 bits per heavy atom. The van der Waals surface area contributed by atoms with Gasteiger partial charge in [-0.25, -0.2) is 9.35 Å². The van der Waals surface area contributed by atoms with Crippen LogP contribution in [0, 0.1) is 5.92 Å². The molecule has 1 unspecified atom stereocenters. The highest BCUT2D eigenvalue weighted by Crippen LogP contribution is 2.23. The van der Waals surface area contributed by atoms with Gasteiger partial charge in [0.2, 0.25) is 0 Å². The van der Waals surface area contributed by atoms with Crippen molar-refractivity contribution in [2.24, 2.45) is 21.2 Å². The Morgan fingerprint density at radius 1 is 1.61 bits per heavy atom. The van der Waals surface area contributed by atoms with E-state index in [4.69, 9.17) is 22.5 Å². The van der Waals surface area contributed by atoms with E-state index in [1.165, 1.54) is 22.8 Å². The lowest BCUT2D eigenvalue weighted by atomic mass is 10.0. The highest BCUT2D eigenvalue weighted by Gasteiger charge is 2.18. The topological polar surface area (TPSA) is 98.5 Å². The molecule has 0 aliphatic rings. The lowest BCUT2D eigenvalue weighted by Gasteiger charge is -2.10. The number of thiophene rings is 1. The molecule has 1 rings (SSSR count). The molecule has 2 atom stereocenters. The van der Waals surface area contributed by atoms with Crippen molar-refractivity contribution >= 4 is 38.8 Å². The van der Waals surface area contributed by atoms with Crippen LogP contribution >= 0.6 is 22.9 Å². The van der Waals surface area contributed by atoms with Gasteiger partial charge in [-0.2, -0.15) is 0 Å². The zero-order chi connectivity index (χ0) is 13.9. The minimum atomic E-state index is -3.25. The summed E-state index contributed by atoms with van der Waals surface area (Å²) >= 11 is 6.90. The van der Waals surface area contributed by atoms with Gasteiger partial charge < -0.3 is 5.73 Å². The highest BCUT2D eigenvalue weighted by molar-refractivity contribution is 7.91. The first-order valence-corrected chi connectivity index (χ1v) is 8.14. The number of carbonyl (C=O) groups excluding carboxylic acids is 1. The molecular weight excluding hydrogens is 294 g/mol. The Balaban J connectivity index is 2.94. The van der Waals surface area contributed by atoms with Gasteiger partial charge in [0.25, 0.3) is 5.91 Å². The fraction of sp³-hybridized carbons (Fsp3) is 0.500. The molecule has 8 heteroatoms. The molecule has 1 aromatic rings. The minimum absolute atomic E-state index is 0.252. The summed E-state index contributed by atoms with van der Waals surface area (Å²) in [4.78, 5) is 11.9. The maximum absolute atomic E-state index is 12.1. The first-order valence-electron chi connectivity index (χ1n) is 5.30. The van der Waals surface area contributed by atoms with Gasteiger partial charge in [-0.1, -0.05) is 25.4 Å². The summed E-state index contributed by atoms with van der Waals surface area (Å²) in [7, 11) is -3.25. The lowest BCUT2D eigenvalue weighted by Crippen LogP contribution is -2.32. The SMILES string of the molecule is CC(C)C[C@H](N)C(=O)N=S(N)(=O)c1csc(Cl)c1. The van der Waals surface area contributed by atoms with Gasteiger partial charge in [-0.3, -0.25) is 4.79 Å². The molecule has 0 saturated heterocycles. The standard InChI is InChI=1S/C10H16ClN3O2S2/c1-6(2)3-8(12)10(15)14-18(13,16)7-4-9(11)17-5-7/h4-6,8H,3,12H2,1-2H3,(H2,13,14,15,16)/t8-,18?/m0/s1. The largest absolute Gasteiger partial charge is 0.320 e. The fourth-order valence-corrected chi connectivity index (χ4v) is 3.68. The smallest absolute Gasteiger partial charge is 0.271 e. The Hall–Kier alpha value is -0.470. The number of hydrogen-bond donors (Lipinski definition) is 2. The summed E-state index contributed by atoms with van der Waals surface area (Å²) < 4.78 is 16.1. The Kier molecular flexibility index (Phi) is 5.30. The van der Waals surface area contributed by atoms with Crippen LogP contribution in [-0.2, 0) is 14.7 Å². The van der Waals surface area contributed by atoms with Crippen molar-refractivity contribution in [2.45, 2.75) is 31.2 Å². The third-order valence-electron chi connectivity index (χ3n) is 2.15. The van der Waals surface area contributed by atoms with E-state index < -0.39 is 21.9 Å². The molecule has 0 aliphatic carbocycles. The lowest BCUT2D eigenvalue weighted by molar-refractivity contribution is -0.119. The van der Waals surface area contributed by atoms with E-state index in [0.29, 0.717) is 10.8 Å². The maximum Gasteiger partial charge on any atom is 0.271 e. The van der Waals surface area contributed by atoms with Crippen molar-refractivity contribution in [3.05, 3.63) is 15.8 Å². The summed E-state index contributed by atoms with van der Waals surface area (Å²) in [6.07, 6.45) is 0.474. The van der Waals surface area contributed by atoms with E-state index in [9.17, 15) is 9.00 Å². The molecule has 18 heavy (non-hydrogen) atoms. The highest BCUT2D eigenvalue weighted by atomic mass is 35.5. The predicted molar refractivity (Wildman–Crippen MR) is 74.8 cm³/mol. The summed E-state index contributed by atoms with van der Waals surface area (Å²) in [5, 5.41) is 7.08. The van der Waals surface area contributed by atoms with Gasteiger partial charge in [0.05, 0.1) is 15.3 Å².